The van der Waals surface area contributed by atoms with Crippen LogP contribution in [0.3, 0.4) is 0 Å². The molecule has 124 valence electrons. The molecule has 0 aromatic heterocycles. The minimum atomic E-state index is -3.32. The molecule has 0 saturated heterocycles. The van der Waals surface area contributed by atoms with Crippen LogP contribution in [0.1, 0.15) is 22.3 Å². The summed E-state index contributed by atoms with van der Waals surface area (Å²) in [5.74, 6) is 0.857. The van der Waals surface area contributed by atoms with Crippen molar-refractivity contribution >= 4 is 10.0 Å². The van der Waals surface area contributed by atoms with E-state index in [2.05, 4.69) is 4.72 Å². The maximum Gasteiger partial charge on any atom is 0.215 e. The van der Waals surface area contributed by atoms with Gasteiger partial charge in [-0.3, -0.25) is 0 Å². The SMILES string of the molecule is COc1ccc(CCNS(=O)(=O)Cc2ccccc2C)cc1C. The van der Waals surface area contributed by atoms with Crippen LogP contribution in [0.15, 0.2) is 42.5 Å². The molecule has 0 unspecified atom stereocenters. The summed E-state index contributed by atoms with van der Waals surface area (Å²) in [6.07, 6.45) is 0.651. The van der Waals surface area contributed by atoms with Crippen LogP contribution < -0.4 is 9.46 Å². The topological polar surface area (TPSA) is 55.4 Å². The van der Waals surface area contributed by atoms with E-state index in [-0.39, 0.29) is 5.75 Å². The van der Waals surface area contributed by atoms with Crippen molar-refractivity contribution in [3.8, 4) is 5.75 Å². The van der Waals surface area contributed by atoms with Gasteiger partial charge in [-0.2, -0.15) is 0 Å². The Hall–Kier alpha value is -1.85. The third-order valence-electron chi connectivity index (χ3n) is 3.80. The molecule has 0 aliphatic carbocycles. The third kappa shape index (κ3) is 5.08. The third-order valence-corrected chi connectivity index (χ3v) is 5.14. The summed E-state index contributed by atoms with van der Waals surface area (Å²) in [5, 5.41) is 0. The zero-order chi connectivity index (χ0) is 16.9. The van der Waals surface area contributed by atoms with E-state index < -0.39 is 10.0 Å². The maximum atomic E-state index is 12.2. The minimum absolute atomic E-state index is 0.0152. The first kappa shape index (κ1) is 17.5. The van der Waals surface area contributed by atoms with Crippen LogP contribution in [0.25, 0.3) is 0 Å². The second kappa shape index (κ2) is 7.62. The summed E-state index contributed by atoms with van der Waals surface area (Å²) >= 11 is 0. The number of methoxy groups -OCH3 is 1. The summed E-state index contributed by atoms with van der Waals surface area (Å²) in [6.45, 7) is 4.29. The number of nitrogens with one attached hydrogen (secondary N) is 1. The molecule has 2 aromatic carbocycles. The lowest BCUT2D eigenvalue weighted by atomic mass is 10.1. The van der Waals surface area contributed by atoms with Gasteiger partial charge in [0.2, 0.25) is 10.0 Å². The summed E-state index contributed by atoms with van der Waals surface area (Å²) < 4.78 is 32.3. The Morgan fingerprint density at radius 2 is 1.78 bits per heavy atom. The fraction of sp³-hybridized carbons (Fsp3) is 0.333. The Kier molecular flexibility index (Phi) is 5.80. The molecule has 0 amide bonds. The van der Waals surface area contributed by atoms with Crippen molar-refractivity contribution in [2.75, 3.05) is 13.7 Å². The summed E-state index contributed by atoms with van der Waals surface area (Å²) in [7, 11) is -1.68. The molecule has 0 spiro atoms. The van der Waals surface area contributed by atoms with E-state index >= 15 is 0 Å². The van der Waals surface area contributed by atoms with Crippen molar-refractivity contribution in [1.82, 2.24) is 4.72 Å². The average molecular weight is 333 g/mol. The van der Waals surface area contributed by atoms with Gasteiger partial charge in [-0.15, -0.1) is 0 Å². The van der Waals surface area contributed by atoms with E-state index in [1.807, 2.05) is 56.3 Å². The van der Waals surface area contributed by atoms with Gasteiger partial charge in [0.15, 0.2) is 0 Å². The van der Waals surface area contributed by atoms with Gasteiger partial charge in [-0.05, 0) is 48.6 Å². The molecule has 0 bridgehead atoms. The second-order valence-corrected chi connectivity index (χ2v) is 7.44. The molecule has 1 N–H and O–H groups in total. The number of aryl methyl sites for hydroxylation is 2. The molecule has 0 atom stereocenters. The lowest BCUT2D eigenvalue weighted by molar-refractivity contribution is 0.411. The molecule has 0 heterocycles. The van der Waals surface area contributed by atoms with Crippen molar-refractivity contribution in [2.45, 2.75) is 26.0 Å². The number of hydrogen-bond donors (Lipinski definition) is 1. The first-order chi connectivity index (χ1) is 10.9. The smallest absolute Gasteiger partial charge is 0.215 e. The van der Waals surface area contributed by atoms with E-state index in [0.717, 1.165) is 28.0 Å². The molecule has 2 aromatic rings. The molecular formula is C18H23NO3S. The molecule has 4 nitrogen and oxygen atoms in total. The number of ether oxygens (including phenoxy) is 1. The van der Waals surface area contributed by atoms with Gasteiger partial charge >= 0.3 is 0 Å². The Bertz CT molecular complexity index is 770. The van der Waals surface area contributed by atoms with Crippen molar-refractivity contribution in [2.24, 2.45) is 0 Å². The minimum Gasteiger partial charge on any atom is -0.496 e. The van der Waals surface area contributed by atoms with Crippen molar-refractivity contribution in [3.63, 3.8) is 0 Å². The monoisotopic (exact) mass is 333 g/mol. The highest BCUT2D eigenvalue weighted by molar-refractivity contribution is 7.88. The predicted octanol–water partition coefficient (Wildman–Crippen LogP) is 2.97. The highest BCUT2D eigenvalue weighted by Gasteiger charge is 2.12. The maximum absolute atomic E-state index is 12.2. The van der Waals surface area contributed by atoms with Crippen LogP contribution in [-0.4, -0.2) is 22.1 Å². The zero-order valence-electron chi connectivity index (χ0n) is 13.8. The number of rotatable bonds is 7. The van der Waals surface area contributed by atoms with Gasteiger partial charge in [0.05, 0.1) is 12.9 Å². The Morgan fingerprint density at radius 1 is 1.04 bits per heavy atom. The van der Waals surface area contributed by atoms with E-state index in [1.165, 1.54) is 0 Å². The van der Waals surface area contributed by atoms with Gasteiger partial charge < -0.3 is 4.74 Å². The fourth-order valence-corrected chi connectivity index (χ4v) is 3.72. The molecule has 0 radical (unpaired) electrons. The van der Waals surface area contributed by atoms with Gasteiger partial charge in [-0.1, -0.05) is 36.4 Å². The van der Waals surface area contributed by atoms with Gasteiger partial charge in [0.25, 0.3) is 0 Å². The quantitative estimate of drug-likeness (QED) is 0.847. The number of hydrogen-bond acceptors (Lipinski definition) is 3. The first-order valence-corrected chi connectivity index (χ1v) is 9.22. The van der Waals surface area contributed by atoms with Crippen molar-refractivity contribution in [3.05, 3.63) is 64.7 Å². The predicted molar refractivity (Wildman–Crippen MR) is 93.2 cm³/mol. The van der Waals surface area contributed by atoms with Crippen LogP contribution >= 0.6 is 0 Å². The Balaban J connectivity index is 1.92. The summed E-state index contributed by atoms with van der Waals surface area (Å²) in [6, 6.07) is 13.4. The molecule has 0 saturated carbocycles. The van der Waals surface area contributed by atoms with Crippen LogP contribution in [0, 0.1) is 13.8 Å². The molecule has 0 aliphatic heterocycles. The Labute approximate surface area is 138 Å². The largest absolute Gasteiger partial charge is 0.496 e. The lowest BCUT2D eigenvalue weighted by Crippen LogP contribution is -2.27. The number of sulfonamides is 1. The van der Waals surface area contributed by atoms with Crippen LogP contribution in [0.5, 0.6) is 5.75 Å². The van der Waals surface area contributed by atoms with E-state index in [9.17, 15) is 8.42 Å². The molecule has 23 heavy (non-hydrogen) atoms. The van der Waals surface area contributed by atoms with E-state index in [1.54, 1.807) is 7.11 Å². The normalized spacial score (nSPS) is 11.4. The summed E-state index contributed by atoms with van der Waals surface area (Å²) in [4.78, 5) is 0. The highest BCUT2D eigenvalue weighted by Crippen LogP contribution is 2.18. The van der Waals surface area contributed by atoms with Gasteiger partial charge in [0, 0.05) is 6.54 Å². The van der Waals surface area contributed by atoms with Crippen LogP contribution in [0.4, 0.5) is 0 Å². The Morgan fingerprint density at radius 3 is 2.43 bits per heavy atom. The van der Waals surface area contributed by atoms with E-state index in [4.69, 9.17) is 4.74 Å². The van der Waals surface area contributed by atoms with Gasteiger partial charge in [-0.25, -0.2) is 13.1 Å². The lowest BCUT2D eigenvalue weighted by Gasteiger charge is -2.10. The zero-order valence-corrected chi connectivity index (χ0v) is 14.6. The standard InChI is InChI=1S/C18H23NO3S/c1-14-6-4-5-7-17(14)13-23(20,21)19-11-10-16-8-9-18(22-3)15(2)12-16/h4-9,12,19H,10-11,13H2,1-3H3. The first-order valence-electron chi connectivity index (χ1n) is 7.56. The highest BCUT2D eigenvalue weighted by atomic mass is 32.2. The fourth-order valence-electron chi connectivity index (χ4n) is 2.47. The van der Waals surface area contributed by atoms with Crippen LogP contribution in [-0.2, 0) is 22.2 Å². The van der Waals surface area contributed by atoms with Crippen LogP contribution in [0.2, 0.25) is 0 Å². The van der Waals surface area contributed by atoms with Crippen molar-refractivity contribution < 1.29 is 13.2 Å². The second-order valence-electron chi connectivity index (χ2n) is 5.63. The molecule has 0 fully saturated rings. The molecular weight excluding hydrogens is 310 g/mol. The van der Waals surface area contributed by atoms with Gasteiger partial charge in [0.1, 0.15) is 5.75 Å². The molecule has 0 aliphatic rings. The number of benzene rings is 2. The van der Waals surface area contributed by atoms with E-state index in [0.29, 0.717) is 13.0 Å². The summed E-state index contributed by atoms with van der Waals surface area (Å²) in [5.41, 5.74) is 3.96. The molecule has 2 rings (SSSR count). The van der Waals surface area contributed by atoms with Crippen molar-refractivity contribution in [1.29, 1.82) is 0 Å². The average Bonchev–Trinajstić information content (AvgIpc) is 2.49. The molecule has 5 heteroatoms.